The minimum absolute atomic E-state index is 0.0679. The van der Waals surface area contributed by atoms with Crippen LogP contribution in [-0.2, 0) is 9.84 Å². The Hall–Kier alpha value is -1.02. The van der Waals surface area contributed by atoms with Gasteiger partial charge >= 0.3 is 0 Å². The van der Waals surface area contributed by atoms with Crippen LogP contribution in [0.1, 0.15) is 0 Å². The Morgan fingerprint density at radius 2 is 2.00 bits per heavy atom. The van der Waals surface area contributed by atoms with Gasteiger partial charge in [-0.15, -0.1) is 0 Å². The monoisotopic (exact) mass is 259 g/mol. The summed E-state index contributed by atoms with van der Waals surface area (Å²) in [5.41, 5.74) is 0. The lowest BCUT2D eigenvalue weighted by atomic mass is 10.4. The summed E-state index contributed by atoms with van der Waals surface area (Å²) in [5.74, 6) is 5.48. The molecule has 94 valence electrons. The third kappa shape index (κ3) is 1.95. The molecule has 1 saturated heterocycles. The second-order valence-electron chi connectivity index (χ2n) is 3.88. The van der Waals surface area contributed by atoms with Gasteiger partial charge in [-0.3, -0.25) is 5.84 Å². The van der Waals surface area contributed by atoms with E-state index in [-0.39, 0.29) is 18.0 Å². The van der Waals surface area contributed by atoms with E-state index in [0.717, 1.165) is 5.01 Å². The molecule has 0 bridgehead atoms. The molecular formula is C10H14FN3O2S. The number of hydrazine groups is 1. The number of hydrogen-bond acceptors (Lipinski definition) is 5. The van der Waals surface area contributed by atoms with Crippen LogP contribution in [-0.4, -0.2) is 38.2 Å². The van der Waals surface area contributed by atoms with Gasteiger partial charge < -0.3 is 5.32 Å². The standard InChI is InChI=1S/C10H14FN3O2S/c11-10(8-13-6-7-14(10)12)17(15,16)9-4-2-1-3-5-9/h1-5,13H,6-8,12H2. The number of nitrogens with zero attached hydrogens (tertiary/aromatic N) is 1. The molecule has 0 radical (unpaired) electrons. The van der Waals surface area contributed by atoms with E-state index in [4.69, 9.17) is 5.84 Å². The molecule has 1 atom stereocenters. The van der Waals surface area contributed by atoms with E-state index in [1.54, 1.807) is 18.2 Å². The number of rotatable bonds is 2. The number of benzene rings is 1. The van der Waals surface area contributed by atoms with Crippen LogP contribution in [0.15, 0.2) is 35.2 Å². The molecule has 1 unspecified atom stereocenters. The number of sulfone groups is 1. The number of halogens is 1. The van der Waals surface area contributed by atoms with E-state index in [9.17, 15) is 12.8 Å². The SMILES string of the molecule is NN1CCNCC1(F)S(=O)(=O)c1ccccc1. The molecule has 1 aliphatic rings. The van der Waals surface area contributed by atoms with Crippen molar-refractivity contribution in [3.8, 4) is 0 Å². The number of nitrogens with two attached hydrogens (primary N) is 1. The zero-order valence-electron chi connectivity index (χ0n) is 9.14. The van der Waals surface area contributed by atoms with Gasteiger partial charge in [-0.2, -0.15) is 5.01 Å². The molecule has 0 amide bonds. The Balaban J connectivity index is 2.45. The van der Waals surface area contributed by atoms with E-state index < -0.39 is 15.0 Å². The van der Waals surface area contributed by atoms with Crippen LogP contribution in [0.3, 0.4) is 0 Å². The summed E-state index contributed by atoms with van der Waals surface area (Å²) in [5, 5.41) is 0.857. The van der Waals surface area contributed by atoms with E-state index in [1.165, 1.54) is 12.1 Å². The lowest BCUT2D eigenvalue weighted by molar-refractivity contribution is 0.0178. The smallest absolute Gasteiger partial charge is 0.293 e. The van der Waals surface area contributed by atoms with Crippen molar-refractivity contribution in [2.24, 2.45) is 5.84 Å². The van der Waals surface area contributed by atoms with Gasteiger partial charge in [-0.05, 0) is 12.1 Å². The summed E-state index contributed by atoms with van der Waals surface area (Å²) in [6, 6.07) is 7.49. The van der Waals surface area contributed by atoms with Crippen LogP contribution in [0.4, 0.5) is 4.39 Å². The normalized spacial score (nSPS) is 26.9. The van der Waals surface area contributed by atoms with Crippen molar-refractivity contribution >= 4 is 9.84 Å². The molecule has 2 rings (SSSR count). The number of hydrogen-bond donors (Lipinski definition) is 2. The van der Waals surface area contributed by atoms with Crippen molar-refractivity contribution in [2.75, 3.05) is 19.6 Å². The van der Waals surface area contributed by atoms with Crippen molar-refractivity contribution in [2.45, 2.75) is 10.0 Å². The molecular weight excluding hydrogens is 245 g/mol. The summed E-state index contributed by atoms with van der Waals surface area (Å²) in [4.78, 5) is -0.0679. The summed E-state index contributed by atoms with van der Waals surface area (Å²) in [7, 11) is -4.14. The minimum Gasteiger partial charge on any atom is -0.310 e. The van der Waals surface area contributed by atoms with Gasteiger partial charge in [0.05, 0.1) is 11.4 Å². The van der Waals surface area contributed by atoms with E-state index in [2.05, 4.69) is 5.32 Å². The van der Waals surface area contributed by atoms with Crippen molar-refractivity contribution in [1.82, 2.24) is 10.3 Å². The van der Waals surface area contributed by atoms with Crippen LogP contribution < -0.4 is 11.2 Å². The molecule has 1 aromatic carbocycles. The summed E-state index contributed by atoms with van der Waals surface area (Å²) >= 11 is 0. The number of nitrogens with one attached hydrogen (secondary N) is 1. The summed E-state index contributed by atoms with van der Waals surface area (Å²) in [6.45, 7) is 0.274. The zero-order chi connectivity index (χ0) is 12.5. The third-order valence-electron chi connectivity index (χ3n) is 2.77. The van der Waals surface area contributed by atoms with Crippen molar-refractivity contribution in [3.05, 3.63) is 30.3 Å². The molecule has 1 aromatic rings. The van der Waals surface area contributed by atoms with Crippen LogP contribution in [0.5, 0.6) is 0 Å². The van der Waals surface area contributed by atoms with Gasteiger partial charge in [0, 0.05) is 13.1 Å². The second-order valence-corrected chi connectivity index (χ2v) is 5.98. The molecule has 0 spiro atoms. The van der Waals surface area contributed by atoms with Gasteiger partial charge in [-0.25, -0.2) is 12.8 Å². The summed E-state index contributed by atoms with van der Waals surface area (Å²) < 4.78 is 38.9. The lowest BCUT2D eigenvalue weighted by Crippen LogP contribution is -2.65. The third-order valence-corrected chi connectivity index (χ3v) is 4.86. The molecule has 0 aromatic heterocycles. The highest BCUT2D eigenvalue weighted by Crippen LogP contribution is 2.29. The first kappa shape index (κ1) is 12.4. The van der Waals surface area contributed by atoms with Gasteiger partial charge in [-0.1, -0.05) is 18.2 Å². The van der Waals surface area contributed by atoms with E-state index in [0.29, 0.717) is 6.54 Å². The average molecular weight is 259 g/mol. The first-order valence-electron chi connectivity index (χ1n) is 5.20. The number of piperazine rings is 1. The predicted molar refractivity (Wildman–Crippen MR) is 61.2 cm³/mol. The van der Waals surface area contributed by atoms with Crippen LogP contribution in [0.25, 0.3) is 0 Å². The van der Waals surface area contributed by atoms with E-state index in [1.807, 2.05) is 0 Å². The first-order valence-corrected chi connectivity index (χ1v) is 6.68. The second kappa shape index (κ2) is 4.34. The van der Waals surface area contributed by atoms with Crippen molar-refractivity contribution in [3.63, 3.8) is 0 Å². The molecule has 0 aliphatic carbocycles. The Morgan fingerprint density at radius 3 is 2.59 bits per heavy atom. The fourth-order valence-corrected chi connectivity index (χ4v) is 3.31. The maximum atomic E-state index is 14.6. The van der Waals surface area contributed by atoms with Crippen LogP contribution >= 0.6 is 0 Å². The predicted octanol–water partition coefficient (Wildman–Crippen LogP) is -0.137. The van der Waals surface area contributed by atoms with Crippen LogP contribution in [0, 0.1) is 0 Å². The Morgan fingerprint density at radius 1 is 1.35 bits per heavy atom. The van der Waals surface area contributed by atoms with Crippen molar-refractivity contribution < 1.29 is 12.8 Å². The van der Waals surface area contributed by atoms with Crippen LogP contribution in [0.2, 0.25) is 0 Å². The highest BCUT2D eigenvalue weighted by molar-refractivity contribution is 7.92. The largest absolute Gasteiger partial charge is 0.310 e. The molecule has 1 heterocycles. The molecule has 1 fully saturated rings. The number of alkyl halides is 1. The van der Waals surface area contributed by atoms with Gasteiger partial charge in [0.1, 0.15) is 0 Å². The van der Waals surface area contributed by atoms with Crippen molar-refractivity contribution in [1.29, 1.82) is 0 Å². The molecule has 5 nitrogen and oxygen atoms in total. The fourth-order valence-electron chi connectivity index (χ4n) is 1.74. The van der Waals surface area contributed by atoms with Gasteiger partial charge in [0.15, 0.2) is 0 Å². The Bertz CT molecular complexity index is 494. The average Bonchev–Trinajstić information content (AvgIpc) is 2.34. The Labute approximate surface area is 99.3 Å². The van der Waals surface area contributed by atoms with E-state index >= 15 is 0 Å². The Kier molecular flexibility index (Phi) is 3.17. The molecule has 17 heavy (non-hydrogen) atoms. The lowest BCUT2D eigenvalue weighted by Gasteiger charge is -2.37. The molecule has 1 aliphatic heterocycles. The first-order chi connectivity index (χ1) is 7.98. The highest BCUT2D eigenvalue weighted by Gasteiger charge is 2.50. The topological polar surface area (TPSA) is 75.4 Å². The quantitative estimate of drug-likeness (QED) is 0.571. The molecule has 3 N–H and O–H groups in total. The highest BCUT2D eigenvalue weighted by atomic mass is 32.2. The molecule has 0 saturated carbocycles. The summed E-state index contributed by atoms with van der Waals surface area (Å²) in [6.07, 6.45) is 0. The maximum Gasteiger partial charge on any atom is 0.293 e. The minimum atomic E-state index is -4.14. The zero-order valence-corrected chi connectivity index (χ0v) is 9.95. The van der Waals surface area contributed by atoms with Gasteiger partial charge in [0.2, 0.25) is 9.84 Å². The fraction of sp³-hybridized carbons (Fsp3) is 0.400. The maximum absolute atomic E-state index is 14.6. The molecule has 7 heteroatoms. The van der Waals surface area contributed by atoms with Gasteiger partial charge in [0.25, 0.3) is 5.12 Å².